The van der Waals surface area contributed by atoms with E-state index in [2.05, 4.69) is 16.3 Å². The normalized spacial score (nSPS) is 20.5. The van der Waals surface area contributed by atoms with Crippen LogP contribution >= 0.6 is 47.8 Å². The van der Waals surface area contributed by atoms with Crippen LogP contribution in [0.2, 0.25) is 4.34 Å². The Morgan fingerprint density at radius 2 is 1.88 bits per heavy atom. The van der Waals surface area contributed by atoms with Gasteiger partial charge in [0.1, 0.15) is 5.60 Å². The van der Waals surface area contributed by atoms with E-state index in [1.165, 1.54) is 4.88 Å². The molecule has 1 amide bonds. The summed E-state index contributed by atoms with van der Waals surface area (Å²) in [6, 6.07) is 4.03. The van der Waals surface area contributed by atoms with E-state index < -0.39 is 5.60 Å². The van der Waals surface area contributed by atoms with Crippen molar-refractivity contribution < 1.29 is 9.53 Å². The van der Waals surface area contributed by atoms with Crippen LogP contribution in [-0.4, -0.2) is 67.7 Å². The highest BCUT2D eigenvalue weighted by molar-refractivity contribution is 7.16. The van der Waals surface area contributed by atoms with E-state index in [0.717, 1.165) is 63.0 Å². The Balaban J connectivity index is 0.00000156. The summed E-state index contributed by atoms with van der Waals surface area (Å²) in [5, 5.41) is 3.30. The van der Waals surface area contributed by atoms with Crippen molar-refractivity contribution >= 4 is 53.7 Å². The number of carbonyl (C=O) groups is 1. The van der Waals surface area contributed by atoms with Crippen molar-refractivity contribution in [2.45, 2.75) is 25.0 Å². The molecule has 0 unspecified atom stereocenters. The van der Waals surface area contributed by atoms with Crippen LogP contribution in [0.1, 0.15) is 17.7 Å². The number of nitrogens with zero attached hydrogens (tertiary/aromatic N) is 2. The standard InChI is InChI=1S/C16H24ClN3O2S.2ClH/c1-22-16(4-6-18-7-5-16)15(21)20-10-8-19(9-11-20)12-13-2-3-14(17)23-13;;/h2-3,18H,4-12H2,1H3;2*1H. The number of thiophene rings is 1. The molecule has 9 heteroatoms. The number of hydrogen-bond donors (Lipinski definition) is 1. The Morgan fingerprint density at radius 3 is 2.40 bits per heavy atom. The predicted molar refractivity (Wildman–Crippen MR) is 108 cm³/mol. The fourth-order valence-electron chi connectivity index (χ4n) is 3.39. The van der Waals surface area contributed by atoms with Crippen molar-refractivity contribution in [2.24, 2.45) is 0 Å². The lowest BCUT2D eigenvalue weighted by atomic mass is 9.90. The largest absolute Gasteiger partial charge is 0.368 e. The summed E-state index contributed by atoms with van der Waals surface area (Å²) >= 11 is 7.62. The quantitative estimate of drug-likeness (QED) is 0.797. The van der Waals surface area contributed by atoms with E-state index >= 15 is 0 Å². The number of methoxy groups -OCH3 is 1. The number of halogens is 3. The molecule has 25 heavy (non-hydrogen) atoms. The monoisotopic (exact) mass is 429 g/mol. The average molecular weight is 431 g/mol. The van der Waals surface area contributed by atoms with E-state index in [0.29, 0.717) is 0 Å². The third-order valence-electron chi connectivity index (χ3n) is 4.86. The summed E-state index contributed by atoms with van der Waals surface area (Å²) in [4.78, 5) is 18.6. The van der Waals surface area contributed by atoms with Crippen LogP contribution < -0.4 is 5.32 Å². The van der Waals surface area contributed by atoms with E-state index in [1.54, 1.807) is 18.4 Å². The molecule has 5 nitrogen and oxygen atoms in total. The fourth-order valence-corrected chi connectivity index (χ4v) is 4.52. The van der Waals surface area contributed by atoms with Gasteiger partial charge in [-0.15, -0.1) is 36.2 Å². The lowest BCUT2D eigenvalue weighted by molar-refractivity contribution is -0.160. The lowest BCUT2D eigenvalue weighted by Crippen LogP contribution is -2.59. The molecular formula is C16H26Cl3N3O2S. The second-order valence-electron chi connectivity index (χ2n) is 6.22. The average Bonchev–Trinajstić information content (AvgIpc) is 3.00. The molecule has 0 radical (unpaired) electrons. The Kier molecular flexibility index (Phi) is 9.46. The first-order valence-corrected chi connectivity index (χ1v) is 9.34. The van der Waals surface area contributed by atoms with Gasteiger partial charge in [0.15, 0.2) is 0 Å². The number of piperazine rings is 1. The number of rotatable bonds is 4. The van der Waals surface area contributed by atoms with Crippen molar-refractivity contribution in [3.63, 3.8) is 0 Å². The van der Waals surface area contributed by atoms with Crippen LogP contribution in [0.4, 0.5) is 0 Å². The van der Waals surface area contributed by atoms with E-state index in [1.807, 2.05) is 11.0 Å². The van der Waals surface area contributed by atoms with Crippen molar-refractivity contribution in [3.05, 3.63) is 21.3 Å². The van der Waals surface area contributed by atoms with Crippen LogP contribution in [0, 0.1) is 0 Å². The minimum Gasteiger partial charge on any atom is -0.368 e. The lowest BCUT2D eigenvalue weighted by Gasteiger charge is -2.42. The molecule has 2 aliphatic rings. The number of hydrogen-bond acceptors (Lipinski definition) is 5. The van der Waals surface area contributed by atoms with E-state index in [4.69, 9.17) is 16.3 Å². The summed E-state index contributed by atoms with van der Waals surface area (Å²) in [6.45, 7) is 5.96. The van der Waals surface area contributed by atoms with Gasteiger partial charge in [-0.25, -0.2) is 0 Å². The topological polar surface area (TPSA) is 44.8 Å². The van der Waals surface area contributed by atoms with Crippen LogP contribution in [0.5, 0.6) is 0 Å². The molecular weight excluding hydrogens is 405 g/mol. The summed E-state index contributed by atoms with van der Waals surface area (Å²) in [5.74, 6) is 0.167. The molecule has 0 atom stereocenters. The molecule has 1 N–H and O–H groups in total. The highest BCUT2D eigenvalue weighted by atomic mass is 35.5. The van der Waals surface area contributed by atoms with Gasteiger partial charge in [-0.05, 0) is 38.1 Å². The van der Waals surface area contributed by atoms with Gasteiger partial charge in [-0.3, -0.25) is 9.69 Å². The molecule has 1 aromatic heterocycles. The van der Waals surface area contributed by atoms with Crippen LogP contribution in [0.3, 0.4) is 0 Å². The van der Waals surface area contributed by atoms with E-state index in [9.17, 15) is 4.79 Å². The first-order chi connectivity index (χ1) is 11.1. The van der Waals surface area contributed by atoms with Gasteiger partial charge in [0.2, 0.25) is 0 Å². The van der Waals surface area contributed by atoms with Crippen LogP contribution in [0.15, 0.2) is 12.1 Å². The minimum atomic E-state index is -0.616. The van der Waals surface area contributed by atoms with Gasteiger partial charge in [0.05, 0.1) is 4.34 Å². The molecule has 0 saturated carbocycles. The highest BCUT2D eigenvalue weighted by Gasteiger charge is 2.42. The number of piperidine rings is 1. The van der Waals surface area contributed by atoms with Gasteiger partial charge in [-0.2, -0.15) is 0 Å². The Bertz CT molecular complexity index is 544. The SMILES string of the molecule is COC1(C(=O)N2CCN(Cc3ccc(Cl)s3)CC2)CCNCC1.Cl.Cl. The predicted octanol–water partition coefficient (Wildman–Crippen LogP) is 2.66. The maximum Gasteiger partial charge on any atom is 0.254 e. The molecule has 0 spiro atoms. The molecule has 144 valence electrons. The summed E-state index contributed by atoms with van der Waals surface area (Å²) in [6.07, 6.45) is 1.52. The van der Waals surface area contributed by atoms with Crippen LogP contribution in [0.25, 0.3) is 0 Å². The zero-order valence-electron chi connectivity index (χ0n) is 14.3. The first kappa shape index (κ1) is 23.0. The maximum absolute atomic E-state index is 12.9. The molecule has 0 aliphatic carbocycles. The summed E-state index contributed by atoms with van der Waals surface area (Å²) in [7, 11) is 1.67. The molecule has 2 aliphatic heterocycles. The fraction of sp³-hybridized carbons (Fsp3) is 0.688. The molecule has 1 aromatic rings. The van der Waals surface area contributed by atoms with Gasteiger partial charge in [-0.1, -0.05) is 11.6 Å². The maximum atomic E-state index is 12.9. The zero-order chi connectivity index (χ0) is 16.3. The zero-order valence-corrected chi connectivity index (χ0v) is 17.5. The molecule has 3 heterocycles. The first-order valence-electron chi connectivity index (χ1n) is 8.15. The smallest absolute Gasteiger partial charge is 0.254 e. The van der Waals surface area contributed by atoms with Gasteiger partial charge >= 0.3 is 0 Å². The Morgan fingerprint density at radius 1 is 1.24 bits per heavy atom. The van der Waals surface area contributed by atoms with Crippen molar-refractivity contribution in [3.8, 4) is 0 Å². The summed E-state index contributed by atoms with van der Waals surface area (Å²) < 4.78 is 6.50. The third kappa shape index (κ3) is 5.45. The number of nitrogens with one attached hydrogen (secondary N) is 1. The Hall–Kier alpha value is -0.0800. The second kappa shape index (κ2) is 10.3. The van der Waals surface area contributed by atoms with Crippen LogP contribution in [-0.2, 0) is 16.1 Å². The van der Waals surface area contributed by atoms with Crippen molar-refractivity contribution in [2.75, 3.05) is 46.4 Å². The molecule has 0 bridgehead atoms. The third-order valence-corrected chi connectivity index (χ3v) is 6.08. The minimum absolute atomic E-state index is 0. The number of amides is 1. The Labute approximate surface area is 170 Å². The second-order valence-corrected chi connectivity index (χ2v) is 8.02. The van der Waals surface area contributed by atoms with Gasteiger partial charge in [0.25, 0.3) is 5.91 Å². The van der Waals surface area contributed by atoms with Gasteiger partial charge in [0, 0.05) is 44.7 Å². The van der Waals surface area contributed by atoms with E-state index in [-0.39, 0.29) is 30.7 Å². The molecule has 3 rings (SSSR count). The van der Waals surface area contributed by atoms with Gasteiger partial charge < -0.3 is 15.0 Å². The number of carbonyl (C=O) groups excluding carboxylic acids is 1. The highest BCUT2D eigenvalue weighted by Crippen LogP contribution is 2.27. The van der Waals surface area contributed by atoms with Crippen molar-refractivity contribution in [1.82, 2.24) is 15.1 Å². The molecule has 2 fully saturated rings. The number of ether oxygens (including phenoxy) is 1. The summed E-state index contributed by atoms with van der Waals surface area (Å²) in [5.41, 5.74) is -0.616. The molecule has 0 aromatic carbocycles. The van der Waals surface area contributed by atoms with Crippen molar-refractivity contribution in [1.29, 1.82) is 0 Å². The molecule has 2 saturated heterocycles.